The molecule has 1 fully saturated rings. The van der Waals surface area contributed by atoms with Gasteiger partial charge in [-0.1, -0.05) is 18.6 Å². The Bertz CT molecular complexity index is 789. The second-order valence-electron chi connectivity index (χ2n) is 6.60. The highest BCUT2D eigenvalue weighted by molar-refractivity contribution is 5.95. The van der Waals surface area contributed by atoms with E-state index in [9.17, 15) is 9.59 Å². The summed E-state index contributed by atoms with van der Waals surface area (Å²) in [7, 11) is 0. The highest BCUT2D eigenvalue weighted by atomic mass is 16.5. The van der Waals surface area contributed by atoms with E-state index in [0.29, 0.717) is 22.7 Å². The average Bonchev–Trinajstić information content (AvgIpc) is 2.63. The van der Waals surface area contributed by atoms with Crippen LogP contribution in [0.15, 0.2) is 48.5 Å². The SMILES string of the molecule is NC(=O)c1ccccc1Oc1ccc(NC(=O)C2CCCC(N)C2)cc1. The van der Waals surface area contributed by atoms with Crippen LogP contribution in [0, 0.1) is 5.92 Å². The number of carbonyl (C=O) groups excluding carboxylic acids is 2. The molecule has 2 unspecified atom stereocenters. The standard InChI is InChI=1S/C20H23N3O3/c21-14-5-3-4-13(12-14)20(25)23-15-8-10-16(11-9-15)26-18-7-2-1-6-17(18)19(22)24/h1-2,6-11,13-14H,3-5,12,21H2,(H2,22,24)(H,23,25). The monoisotopic (exact) mass is 353 g/mol. The molecule has 6 heteroatoms. The van der Waals surface area contributed by atoms with Crippen LogP contribution in [0.3, 0.4) is 0 Å². The lowest BCUT2D eigenvalue weighted by molar-refractivity contribution is -0.120. The first-order valence-electron chi connectivity index (χ1n) is 8.76. The van der Waals surface area contributed by atoms with Crippen LogP contribution in [0.5, 0.6) is 11.5 Å². The number of para-hydroxylation sites is 1. The van der Waals surface area contributed by atoms with Gasteiger partial charge in [0.1, 0.15) is 11.5 Å². The molecule has 0 radical (unpaired) electrons. The van der Waals surface area contributed by atoms with E-state index in [4.69, 9.17) is 16.2 Å². The number of ether oxygens (including phenoxy) is 1. The Balaban J connectivity index is 1.64. The van der Waals surface area contributed by atoms with Gasteiger partial charge in [-0.3, -0.25) is 9.59 Å². The Labute approximate surface area is 152 Å². The summed E-state index contributed by atoms with van der Waals surface area (Å²) in [6, 6.07) is 13.9. The second kappa shape index (κ2) is 8.01. The largest absolute Gasteiger partial charge is 0.457 e. The number of nitrogens with one attached hydrogen (secondary N) is 1. The minimum atomic E-state index is -0.546. The Hall–Kier alpha value is -2.86. The lowest BCUT2D eigenvalue weighted by atomic mass is 9.85. The lowest BCUT2D eigenvalue weighted by Crippen LogP contribution is -2.34. The van der Waals surface area contributed by atoms with Crippen LogP contribution in [-0.2, 0) is 4.79 Å². The van der Waals surface area contributed by atoms with E-state index in [1.807, 2.05) is 0 Å². The molecule has 2 aromatic carbocycles. The third-order valence-electron chi connectivity index (χ3n) is 4.59. The van der Waals surface area contributed by atoms with Crippen molar-refractivity contribution in [3.8, 4) is 11.5 Å². The van der Waals surface area contributed by atoms with Crippen molar-refractivity contribution in [1.29, 1.82) is 0 Å². The van der Waals surface area contributed by atoms with Crippen molar-refractivity contribution in [2.75, 3.05) is 5.32 Å². The third-order valence-corrected chi connectivity index (χ3v) is 4.59. The van der Waals surface area contributed by atoms with Gasteiger partial charge in [-0.2, -0.15) is 0 Å². The predicted molar refractivity (Wildman–Crippen MR) is 100 cm³/mol. The number of rotatable bonds is 5. The van der Waals surface area contributed by atoms with Crippen LogP contribution >= 0.6 is 0 Å². The first-order valence-corrected chi connectivity index (χ1v) is 8.76. The number of carbonyl (C=O) groups is 2. The van der Waals surface area contributed by atoms with Gasteiger partial charge in [-0.05, 0) is 55.7 Å². The van der Waals surface area contributed by atoms with Crippen molar-refractivity contribution in [3.63, 3.8) is 0 Å². The summed E-state index contributed by atoms with van der Waals surface area (Å²) in [6.45, 7) is 0. The van der Waals surface area contributed by atoms with E-state index in [2.05, 4.69) is 5.32 Å². The number of hydrogen-bond donors (Lipinski definition) is 3. The van der Waals surface area contributed by atoms with Crippen molar-refractivity contribution in [2.45, 2.75) is 31.7 Å². The van der Waals surface area contributed by atoms with Crippen LogP contribution in [0.25, 0.3) is 0 Å². The number of primary amides is 1. The van der Waals surface area contributed by atoms with E-state index in [-0.39, 0.29) is 17.9 Å². The van der Waals surface area contributed by atoms with Gasteiger partial charge in [0, 0.05) is 17.6 Å². The smallest absolute Gasteiger partial charge is 0.252 e. The van der Waals surface area contributed by atoms with E-state index < -0.39 is 5.91 Å². The fourth-order valence-corrected chi connectivity index (χ4v) is 3.20. The molecule has 1 aliphatic carbocycles. The van der Waals surface area contributed by atoms with Crippen LogP contribution in [0.4, 0.5) is 5.69 Å². The Morgan fingerprint density at radius 3 is 2.46 bits per heavy atom. The van der Waals surface area contributed by atoms with Gasteiger partial charge in [0.2, 0.25) is 5.91 Å². The maximum absolute atomic E-state index is 12.4. The van der Waals surface area contributed by atoms with Gasteiger partial charge < -0.3 is 21.5 Å². The van der Waals surface area contributed by atoms with Crippen LogP contribution < -0.4 is 21.5 Å². The molecule has 2 atom stereocenters. The van der Waals surface area contributed by atoms with Crippen molar-refractivity contribution in [2.24, 2.45) is 17.4 Å². The normalized spacial score (nSPS) is 19.6. The molecule has 2 aromatic rings. The molecule has 0 saturated heterocycles. The first kappa shape index (κ1) is 17.9. The van der Waals surface area contributed by atoms with Crippen LogP contribution in [0.1, 0.15) is 36.0 Å². The molecule has 26 heavy (non-hydrogen) atoms. The first-order chi connectivity index (χ1) is 12.5. The molecule has 2 amide bonds. The molecule has 1 saturated carbocycles. The minimum Gasteiger partial charge on any atom is -0.457 e. The molecule has 1 aliphatic rings. The fraction of sp³-hybridized carbons (Fsp3) is 0.300. The van der Waals surface area contributed by atoms with Crippen molar-refractivity contribution in [1.82, 2.24) is 0 Å². The average molecular weight is 353 g/mol. The summed E-state index contributed by atoms with van der Waals surface area (Å²) in [5, 5.41) is 2.93. The van der Waals surface area contributed by atoms with Gasteiger partial charge in [0.05, 0.1) is 5.56 Å². The zero-order chi connectivity index (χ0) is 18.5. The molecule has 0 aromatic heterocycles. The Kier molecular flexibility index (Phi) is 5.53. The van der Waals surface area contributed by atoms with Crippen molar-refractivity contribution >= 4 is 17.5 Å². The van der Waals surface area contributed by atoms with Gasteiger partial charge in [0.25, 0.3) is 5.91 Å². The molecular weight excluding hydrogens is 330 g/mol. The number of amides is 2. The molecule has 0 bridgehead atoms. The number of benzene rings is 2. The van der Waals surface area contributed by atoms with E-state index >= 15 is 0 Å². The molecule has 3 rings (SSSR count). The molecule has 0 aliphatic heterocycles. The van der Waals surface area contributed by atoms with Gasteiger partial charge in [-0.25, -0.2) is 0 Å². The zero-order valence-corrected chi connectivity index (χ0v) is 14.5. The zero-order valence-electron chi connectivity index (χ0n) is 14.5. The highest BCUT2D eigenvalue weighted by Crippen LogP contribution is 2.27. The van der Waals surface area contributed by atoms with Crippen LogP contribution in [-0.4, -0.2) is 17.9 Å². The maximum Gasteiger partial charge on any atom is 0.252 e. The number of hydrogen-bond acceptors (Lipinski definition) is 4. The van der Waals surface area contributed by atoms with E-state index in [1.54, 1.807) is 48.5 Å². The summed E-state index contributed by atoms with van der Waals surface area (Å²) in [5.74, 6) is 0.379. The van der Waals surface area contributed by atoms with Gasteiger partial charge in [0.15, 0.2) is 0 Å². The highest BCUT2D eigenvalue weighted by Gasteiger charge is 2.25. The molecule has 0 heterocycles. The summed E-state index contributed by atoms with van der Waals surface area (Å²) in [4.78, 5) is 23.8. The predicted octanol–water partition coefficient (Wildman–Crippen LogP) is 3.03. The van der Waals surface area contributed by atoms with Crippen LogP contribution in [0.2, 0.25) is 0 Å². The minimum absolute atomic E-state index is 0.00731. The maximum atomic E-state index is 12.4. The van der Waals surface area contributed by atoms with Crippen molar-refractivity contribution in [3.05, 3.63) is 54.1 Å². The molecule has 0 spiro atoms. The summed E-state index contributed by atoms with van der Waals surface area (Å²) in [5.41, 5.74) is 12.3. The van der Waals surface area contributed by atoms with Crippen molar-refractivity contribution < 1.29 is 14.3 Å². The summed E-state index contributed by atoms with van der Waals surface area (Å²) < 4.78 is 5.73. The molecule has 5 N–H and O–H groups in total. The van der Waals surface area contributed by atoms with Gasteiger partial charge in [-0.15, -0.1) is 0 Å². The Morgan fingerprint density at radius 2 is 1.77 bits per heavy atom. The van der Waals surface area contributed by atoms with Gasteiger partial charge >= 0.3 is 0 Å². The molecule has 136 valence electrons. The second-order valence-corrected chi connectivity index (χ2v) is 6.60. The van der Waals surface area contributed by atoms with E-state index in [1.165, 1.54) is 0 Å². The lowest BCUT2D eigenvalue weighted by Gasteiger charge is -2.25. The quantitative estimate of drug-likeness (QED) is 0.768. The summed E-state index contributed by atoms with van der Waals surface area (Å²) in [6.07, 6.45) is 3.59. The fourth-order valence-electron chi connectivity index (χ4n) is 3.20. The third kappa shape index (κ3) is 4.40. The molecular formula is C20H23N3O3. The number of nitrogens with two attached hydrogens (primary N) is 2. The topological polar surface area (TPSA) is 107 Å². The molecule has 6 nitrogen and oxygen atoms in total. The summed E-state index contributed by atoms with van der Waals surface area (Å²) >= 11 is 0. The number of anilines is 1. The van der Waals surface area contributed by atoms with E-state index in [0.717, 1.165) is 25.7 Å². The Morgan fingerprint density at radius 1 is 1.04 bits per heavy atom.